The first-order valence-corrected chi connectivity index (χ1v) is 12.9. The maximum Gasteiger partial charge on any atom is 0.210 e. The van der Waals surface area contributed by atoms with Crippen LogP contribution < -0.4 is 4.68 Å². The van der Waals surface area contributed by atoms with Crippen molar-refractivity contribution in [2.24, 2.45) is 40.9 Å². The lowest BCUT2D eigenvalue weighted by Gasteiger charge is -2.56. The molecule has 8 atom stereocenters. The topological polar surface area (TPSA) is 71.4 Å². The number of carbonyl (C=O) groups is 1. The molecule has 178 valence electrons. The minimum atomic E-state index is -1.08. The zero-order valence-electron chi connectivity index (χ0n) is 19.6. The highest BCUT2D eigenvalue weighted by atomic mass is 19.1. The molecule has 0 unspecified atom stereocenters. The molecule has 0 amide bonds. The summed E-state index contributed by atoms with van der Waals surface area (Å²) in [7, 11) is 0. The maximum atomic E-state index is 13.5. The van der Waals surface area contributed by atoms with Crippen LogP contribution in [0.25, 0.3) is 5.52 Å². The number of hydrogen-bond acceptors (Lipinski definition) is 4. The van der Waals surface area contributed by atoms with E-state index in [-0.39, 0.29) is 11.3 Å². The Bertz CT molecular complexity index is 1020. The van der Waals surface area contributed by atoms with Gasteiger partial charge in [-0.2, -0.15) is 0 Å². The molecule has 7 heteroatoms. The smallest absolute Gasteiger partial charge is 0.210 e. The van der Waals surface area contributed by atoms with Crippen LogP contribution in [0.2, 0.25) is 0 Å². The van der Waals surface area contributed by atoms with Gasteiger partial charge in [0, 0.05) is 18.2 Å². The van der Waals surface area contributed by atoms with E-state index >= 15 is 0 Å². The predicted molar refractivity (Wildman–Crippen MR) is 120 cm³/mol. The van der Waals surface area contributed by atoms with Crippen molar-refractivity contribution >= 4 is 11.3 Å². The standard InChI is InChI=1S/C26H36FN4O2/c1-25-9-6-20-19-7-10-26(33,15-27)12-17(19)2-3-21(20)22(25)4-5-23(25)24(32)14-30-13-18-8-11-28-16-31(18)29-30/h8,11,13,16-17,19-23,33H,2-7,9-10,12,14-15H2,1H3/q+1/t17-,19+,20-,21-,22+,23-,25+,26-/m1/s1. The zero-order chi connectivity index (χ0) is 22.8. The van der Waals surface area contributed by atoms with Gasteiger partial charge < -0.3 is 5.11 Å². The third-order valence-electron chi connectivity index (χ3n) is 10.3. The number of rotatable bonds is 4. The van der Waals surface area contributed by atoms with Crippen LogP contribution in [-0.2, 0) is 11.3 Å². The number of nitrogens with zero attached hydrogens (tertiary/aromatic N) is 4. The summed E-state index contributed by atoms with van der Waals surface area (Å²) in [6.45, 7) is 2.11. The van der Waals surface area contributed by atoms with Gasteiger partial charge in [-0.25, -0.2) is 9.37 Å². The second kappa shape index (κ2) is 7.82. The van der Waals surface area contributed by atoms with Crippen molar-refractivity contribution in [3.8, 4) is 0 Å². The van der Waals surface area contributed by atoms with Gasteiger partial charge in [0.05, 0.1) is 10.8 Å². The van der Waals surface area contributed by atoms with Crippen LogP contribution in [-0.4, -0.2) is 37.9 Å². The normalized spacial score (nSPS) is 42.5. The van der Waals surface area contributed by atoms with Gasteiger partial charge in [0.1, 0.15) is 6.67 Å². The molecule has 6 rings (SSSR count). The second-order valence-corrected chi connectivity index (χ2v) is 11.8. The van der Waals surface area contributed by atoms with Gasteiger partial charge in [-0.1, -0.05) is 11.4 Å². The lowest BCUT2D eigenvalue weighted by Crippen LogP contribution is -2.52. The Hall–Kier alpha value is -1.89. The number of Topliss-reactive ketones (excluding diaryl/α,β-unsaturated/α-hetero) is 1. The SMILES string of the molecule is C[C@]12CC[C@H]3[C@@H](CC[C@@H]4C[C@@](O)(CF)CC[C@@H]43)[C@@H]1CC[C@@H]2C(=O)C[n+]1cc2ccncn2n1. The molecule has 4 aliphatic carbocycles. The molecule has 0 saturated heterocycles. The van der Waals surface area contributed by atoms with Crippen molar-refractivity contribution in [3.05, 3.63) is 24.8 Å². The van der Waals surface area contributed by atoms with E-state index in [2.05, 4.69) is 17.1 Å². The highest BCUT2D eigenvalue weighted by molar-refractivity contribution is 5.81. The van der Waals surface area contributed by atoms with Gasteiger partial charge in [0.25, 0.3) is 0 Å². The van der Waals surface area contributed by atoms with Crippen molar-refractivity contribution in [3.63, 3.8) is 0 Å². The number of alkyl halides is 1. The van der Waals surface area contributed by atoms with Gasteiger partial charge in [-0.15, -0.1) is 4.68 Å². The number of aliphatic hydroxyl groups is 1. The van der Waals surface area contributed by atoms with Crippen LogP contribution in [0.5, 0.6) is 0 Å². The van der Waals surface area contributed by atoms with Gasteiger partial charge >= 0.3 is 0 Å². The van der Waals surface area contributed by atoms with Crippen LogP contribution in [0.15, 0.2) is 24.8 Å². The third-order valence-corrected chi connectivity index (χ3v) is 10.3. The minimum absolute atomic E-state index is 0.0840. The Morgan fingerprint density at radius 1 is 1.18 bits per heavy atom. The van der Waals surface area contributed by atoms with Crippen molar-refractivity contribution in [1.29, 1.82) is 0 Å². The van der Waals surface area contributed by atoms with Crippen LogP contribution >= 0.6 is 0 Å². The average molecular weight is 456 g/mol. The molecular weight excluding hydrogens is 419 g/mol. The molecule has 2 aromatic rings. The Balaban J connectivity index is 1.17. The van der Waals surface area contributed by atoms with Crippen LogP contribution in [0, 0.1) is 40.9 Å². The van der Waals surface area contributed by atoms with E-state index in [1.165, 1.54) is 12.8 Å². The molecular formula is C26H36FN4O2+. The fraction of sp³-hybridized carbons (Fsp3) is 0.769. The van der Waals surface area contributed by atoms with E-state index < -0.39 is 12.3 Å². The van der Waals surface area contributed by atoms with E-state index in [1.54, 1.807) is 21.7 Å². The number of fused-ring (bicyclic) bond motifs is 6. The van der Waals surface area contributed by atoms with Crippen LogP contribution in [0.4, 0.5) is 4.39 Å². The van der Waals surface area contributed by atoms with Gasteiger partial charge in [-0.05, 0) is 92.8 Å². The van der Waals surface area contributed by atoms with Crippen molar-refractivity contribution in [2.75, 3.05) is 6.67 Å². The monoisotopic (exact) mass is 455 g/mol. The van der Waals surface area contributed by atoms with Gasteiger partial charge in [0.15, 0.2) is 24.0 Å². The molecule has 0 radical (unpaired) electrons. The van der Waals surface area contributed by atoms with Crippen LogP contribution in [0.3, 0.4) is 0 Å². The first-order chi connectivity index (χ1) is 15.9. The van der Waals surface area contributed by atoms with Crippen molar-refractivity contribution < 1.29 is 19.0 Å². The number of aromatic nitrogens is 4. The summed E-state index contributed by atoms with van der Waals surface area (Å²) in [5.74, 6) is 3.54. The lowest BCUT2D eigenvalue weighted by molar-refractivity contribution is -0.742. The molecule has 0 bridgehead atoms. The third kappa shape index (κ3) is 3.44. The molecule has 1 N–H and O–H groups in total. The lowest BCUT2D eigenvalue weighted by atomic mass is 9.49. The minimum Gasteiger partial charge on any atom is -0.387 e. The first kappa shape index (κ1) is 21.6. The maximum absolute atomic E-state index is 13.5. The molecule has 33 heavy (non-hydrogen) atoms. The highest BCUT2D eigenvalue weighted by Gasteiger charge is 2.59. The molecule has 2 aromatic heterocycles. The number of ketones is 1. The fourth-order valence-electron chi connectivity index (χ4n) is 8.80. The quantitative estimate of drug-likeness (QED) is 0.716. The zero-order valence-corrected chi connectivity index (χ0v) is 19.6. The summed E-state index contributed by atoms with van der Waals surface area (Å²) in [6, 6.07) is 1.90. The summed E-state index contributed by atoms with van der Waals surface area (Å²) in [5, 5.41) is 15.0. The van der Waals surface area contributed by atoms with Gasteiger partial charge in [0.2, 0.25) is 6.33 Å². The molecule has 0 aromatic carbocycles. The average Bonchev–Trinajstić information content (AvgIpc) is 3.38. The fourth-order valence-corrected chi connectivity index (χ4v) is 8.80. The molecule has 4 fully saturated rings. The van der Waals surface area contributed by atoms with E-state index in [0.717, 1.165) is 37.6 Å². The molecule has 2 heterocycles. The second-order valence-electron chi connectivity index (χ2n) is 11.8. The summed E-state index contributed by atoms with van der Waals surface area (Å²) in [5.41, 5.74) is -0.0493. The van der Waals surface area contributed by atoms with Crippen molar-refractivity contribution in [1.82, 2.24) is 14.7 Å². The molecule has 0 aliphatic heterocycles. The Kier molecular flexibility index (Phi) is 5.13. The molecule has 4 aliphatic rings. The number of hydrogen-bond donors (Lipinski definition) is 1. The van der Waals surface area contributed by atoms with Crippen molar-refractivity contribution in [2.45, 2.75) is 76.9 Å². The summed E-state index contributed by atoms with van der Waals surface area (Å²) < 4.78 is 16.9. The number of halogens is 1. The molecule has 6 nitrogen and oxygen atoms in total. The Morgan fingerprint density at radius 2 is 2.03 bits per heavy atom. The van der Waals surface area contributed by atoms with E-state index in [1.807, 2.05) is 12.3 Å². The van der Waals surface area contributed by atoms with E-state index in [4.69, 9.17) is 0 Å². The van der Waals surface area contributed by atoms with E-state index in [9.17, 15) is 14.3 Å². The van der Waals surface area contributed by atoms with Crippen LogP contribution in [0.1, 0.15) is 64.7 Å². The summed E-state index contributed by atoms with van der Waals surface area (Å²) in [4.78, 5) is 17.6. The number of carbonyl (C=O) groups excluding carboxylic acids is 1. The molecule has 0 spiro atoms. The van der Waals surface area contributed by atoms with Gasteiger partial charge in [-0.3, -0.25) is 4.79 Å². The first-order valence-electron chi connectivity index (χ1n) is 12.9. The Labute approximate surface area is 194 Å². The highest BCUT2D eigenvalue weighted by Crippen LogP contribution is 2.64. The largest absolute Gasteiger partial charge is 0.387 e. The predicted octanol–water partition coefficient (Wildman–Crippen LogP) is 3.56. The van der Waals surface area contributed by atoms with E-state index in [0.29, 0.717) is 54.8 Å². The Morgan fingerprint density at radius 3 is 2.85 bits per heavy atom. The molecule has 4 saturated carbocycles. The summed E-state index contributed by atoms with van der Waals surface area (Å²) >= 11 is 0. The summed E-state index contributed by atoms with van der Waals surface area (Å²) in [6.07, 6.45) is 14.3.